The van der Waals surface area contributed by atoms with Crippen molar-refractivity contribution in [1.82, 2.24) is 15.1 Å². The number of aromatic nitrogens is 2. The van der Waals surface area contributed by atoms with Crippen LogP contribution in [0.4, 0.5) is 8.78 Å². The van der Waals surface area contributed by atoms with Gasteiger partial charge in [0.05, 0.1) is 5.69 Å². The summed E-state index contributed by atoms with van der Waals surface area (Å²) >= 11 is 0. The highest BCUT2D eigenvalue weighted by Gasteiger charge is 2.24. The van der Waals surface area contributed by atoms with Gasteiger partial charge in [-0.25, -0.2) is 18.3 Å². The van der Waals surface area contributed by atoms with E-state index < -0.39 is 29.6 Å². The molecule has 0 radical (unpaired) electrons. The van der Waals surface area contributed by atoms with Gasteiger partial charge in [0.15, 0.2) is 17.7 Å². The minimum Gasteiger partial charge on any atom is -0.479 e. The number of nitrogens with zero attached hydrogens (tertiary/aromatic N) is 2. The second-order valence-electron chi connectivity index (χ2n) is 5.42. The molecule has 0 aliphatic heterocycles. The topological polar surface area (TPSA) is 84.2 Å². The van der Waals surface area contributed by atoms with E-state index in [1.807, 2.05) is 0 Å². The standard InChI is InChI=1S/C18H13F2N3O3/c19-14-6-5-11(10-15(14)20)16(18(25)26)22-17(24)12-3-1-4-13(9-12)23-8-2-7-21-23/h1-10,16H,(H,22,24)(H,25,26)/t16-/m0/s1. The molecule has 0 spiro atoms. The van der Waals surface area contributed by atoms with Crippen molar-refractivity contribution >= 4 is 11.9 Å². The van der Waals surface area contributed by atoms with Gasteiger partial charge < -0.3 is 10.4 Å². The number of nitrogens with one attached hydrogen (secondary N) is 1. The molecule has 1 atom stereocenters. The van der Waals surface area contributed by atoms with Gasteiger partial charge >= 0.3 is 5.97 Å². The summed E-state index contributed by atoms with van der Waals surface area (Å²) in [4.78, 5) is 23.9. The lowest BCUT2D eigenvalue weighted by Crippen LogP contribution is -2.33. The van der Waals surface area contributed by atoms with Crippen LogP contribution in [0.3, 0.4) is 0 Å². The average molecular weight is 357 g/mol. The van der Waals surface area contributed by atoms with Crippen LogP contribution in [0.5, 0.6) is 0 Å². The van der Waals surface area contributed by atoms with Crippen molar-refractivity contribution in [3.8, 4) is 5.69 Å². The van der Waals surface area contributed by atoms with E-state index in [0.717, 1.165) is 18.2 Å². The molecular formula is C18H13F2N3O3. The molecular weight excluding hydrogens is 344 g/mol. The van der Waals surface area contributed by atoms with Crippen LogP contribution in [0.1, 0.15) is 22.0 Å². The number of carbonyl (C=O) groups is 2. The molecule has 2 N–H and O–H groups in total. The van der Waals surface area contributed by atoms with Crippen LogP contribution < -0.4 is 5.32 Å². The van der Waals surface area contributed by atoms with Crippen molar-refractivity contribution in [2.75, 3.05) is 0 Å². The molecule has 6 nitrogen and oxygen atoms in total. The highest BCUT2D eigenvalue weighted by molar-refractivity contribution is 5.97. The SMILES string of the molecule is O=C(N[C@H](C(=O)O)c1ccc(F)c(F)c1)c1cccc(-n2cccn2)c1. The van der Waals surface area contributed by atoms with Gasteiger partial charge in [-0.2, -0.15) is 5.10 Å². The fourth-order valence-corrected chi connectivity index (χ4v) is 2.41. The van der Waals surface area contributed by atoms with Gasteiger partial charge in [0.2, 0.25) is 0 Å². The van der Waals surface area contributed by atoms with Crippen molar-refractivity contribution < 1.29 is 23.5 Å². The maximum absolute atomic E-state index is 13.4. The summed E-state index contributed by atoms with van der Waals surface area (Å²) in [5, 5.41) is 15.7. The third-order valence-electron chi connectivity index (χ3n) is 3.68. The first-order valence-corrected chi connectivity index (χ1v) is 7.54. The maximum atomic E-state index is 13.4. The summed E-state index contributed by atoms with van der Waals surface area (Å²) in [5.74, 6) is -4.36. The minimum absolute atomic E-state index is 0.0759. The maximum Gasteiger partial charge on any atom is 0.330 e. The Bertz CT molecular complexity index is 958. The Morgan fingerprint density at radius 2 is 1.88 bits per heavy atom. The first-order chi connectivity index (χ1) is 12.5. The van der Waals surface area contributed by atoms with E-state index in [-0.39, 0.29) is 11.1 Å². The highest BCUT2D eigenvalue weighted by Crippen LogP contribution is 2.18. The number of hydrogen-bond acceptors (Lipinski definition) is 3. The molecule has 3 rings (SSSR count). The molecule has 0 aliphatic rings. The smallest absolute Gasteiger partial charge is 0.330 e. The molecule has 1 amide bonds. The molecule has 26 heavy (non-hydrogen) atoms. The Morgan fingerprint density at radius 1 is 1.08 bits per heavy atom. The molecule has 1 aromatic heterocycles. The quantitative estimate of drug-likeness (QED) is 0.735. The van der Waals surface area contributed by atoms with E-state index in [1.54, 1.807) is 35.3 Å². The molecule has 0 saturated heterocycles. The third-order valence-corrected chi connectivity index (χ3v) is 3.68. The summed E-state index contributed by atoms with van der Waals surface area (Å²) in [5.41, 5.74) is 0.738. The number of amides is 1. The third kappa shape index (κ3) is 3.59. The van der Waals surface area contributed by atoms with Crippen molar-refractivity contribution in [2.45, 2.75) is 6.04 Å². The van der Waals surface area contributed by atoms with Crippen molar-refractivity contribution in [3.05, 3.63) is 83.7 Å². The number of aliphatic carboxylic acids is 1. The van der Waals surface area contributed by atoms with E-state index in [1.165, 1.54) is 12.1 Å². The van der Waals surface area contributed by atoms with Crippen LogP contribution in [-0.2, 0) is 4.79 Å². The van der Waals surface area contributed by atoms with Gasteiger partial charge in [-0.15, -0.1) is 0 Å². The number of carboxylic acids is 1. The van der Waals surface area contributed by atoms with Gasteiger partial charge in [0.25, 0.3) is 5.91 Å². The summed E-state index contributed by atoms with van der Waals surface area (Å²) in [6, 6.07) is 9.26. The van der Waals surface area contributed by atoms with Gasteiger partial charge in [-0.05, 0) is 42.0 Å². The van der Waals surface area contributed by atoms with Crippen LogP contribution in [0, 0.1) is 11.6 Å². The van der Waals surface area contributed by atoms with Crippen LogP contribution in [-0.4, -0.2) is 26.8 Å². The van der Waals surface area contributed by atoms with Crippen molar-refractivity contribution in [2.24, 2.45) is 0 Å². The number of carboxylic acid groups (broad SMARTS) is 1. The molecule has 0 aliphatic carbocycles. The molecule has 3 aromatic rings. The zero-order valence-corrected chi connectivity index (χ0v) is 13.3. The summed E-state index contributed by atoms with van der Waals surface area (Å²) in [7, 11) is 0. The van der Waals surface area contributed by atoms with Crippen LogP contribution >= 0.6 is 0 Å². The largest absolute Gasteiger partial charge is 0.479 e. The van der Waals surface area contributed by atoms with Gasteiger partial charge in [0, 0.05) is 18.0 Å². The van der Waals surface area contributed by atoms with E-state index >= 15 is 0 Å². The molecule has 1 heterocycles. The average Bonchev–Trinajstić information content (AvgIpc) is 3.16. The van der Waals surface area contributed by atoms with E-state index in [4.69, 9.17) is 0 Å². The second kappa shape index (κ2) is 7.14. The van der Waals surface area contributed by atoms with E-state index in [9.17, 15) is 23.5 Å². The first kappa shape index (κ1) is 17.3. The molecule has 0 saturated carbocycles. The highest BCUT2D eigenvalue weighted by atomic mass is 19.2. The van der Waals surface area contributed by atoms with Gasteiger partial charge in [0.1, 0.15) is 0 Å². The zero-order chi connectivity index (χ0) is 18.7. The van der Waals surface area contributed by atoms with Crippen LogP contribution in [0.15, 0.2) is 60.9 Å². The Morgan fingerprint density at radius 3 is 2.54 bits per heavy atom. The molecule has 2 aromatic carbocycles. The number of carbonyl (C=O) groups excluding carboxylic acids is 1. The number of halogens is 2. The van der Waals surface area contributed by atoms with Crippen molar-refractivity contribution in [3.63, 3.8) is 0 Å². The first-order valence-electron chi connectivity index (χ1n) is 7.54. The lowest BCUT2D eigenvalue weighted by Gasteiger charge is -2.15. The molecule has 0 fully saturated rings. The molecule has 0 bridgehead atoms. The minimum atomic E-state index is -1.52. The fraction of sp³-hybridized carbons (Fsp3) is 0.0556. The van der Waals surface area contributed by atoms with Gasteiger partial charge in [-0.1, -0.05) is 12.1 Å². The Labute approximate surface area is 146 Å². The van der Waals surface area contributed by atoms with Crippen LogP contribution in [0.2, 0.25) is 0 Å². The number of benzene rings is 2. The predicted molar refractivity (Wildman–Crippen MR) is 87.8 cm³/mol. The second-order valence-corrected chi connectivity index (χ2v) is 5.42. The van der Waals surface area contributed by atoms with Gasteiger partial charge in [-0.3, -0.25) is 4.79 Å². The Balaban J connectivity index is 1.86. The molecule has 0 unspecified atom stereocenters. The normalized spacial score (nSPS) is 11.8. The fourth-order valence-electron chi connectivity index (χ4n) is 2.41. The summed E-state index contributed by atoms with van der Waals surface area (Å²) < 4.78 is 28.0. The van der Waals surface area contributed by atoms with E-state index in [0.29, 0.717) is 5.69 Å². The van der Waals surface area contributed by atoms with E-state index in [2.05, 4.69) is 10.4 Å². The van der Waals surface area contributed by atoms with Crippen LogP contribution in [0.25, 0.3) is 5.69 Å². The lowest BCUT2D eigenvalue weighted by molar-refractivity contribution is -0.139. The Kier molecular flexibility index (Phi) is 4.74. The predicted octanol–water partition coefficient (Wildman–Crippen LogP) is 2.71. The number of rotatable bonds is 5. The molecule has 8 heteroatoms. The molecule has 132 valence electrons. The number of hydrogen-bond donors (Lipinski definition) is 2. The monoisotopic (exact) mass is 357 g/mol. The van der Waals surface area contributed by atoms with Crippen molar-refractivity contribution in [1.29, 1.82) is 0 Å². The summed E-state index contributed by atoms with van der Waals surface area (Å²) in [6.45, 7) is 0. The Hall–Kier alpha value is -3.55. The summed E-state index contributed by atoms with van der Waals surface area (Å²) in [6.07, 6.45) is 3.27. The lowest BCUT2D eigenvalue weighted by atomic mass is 10.1. The zero-order valence-electron chi connectivity index (χ0n) is 13.3.